The summed E-state index contributed by atoms with van der Waals surface area (Å²) in [6, 6.07) is 6.09. The van der Waals surface area contributed by atoms with Gasteiger partial charge in [-0.05, 0) is 24.3 Å². The van der Waals surface area contributed by atoms with Crippen molar-refractivity contribution >= 4 is 0 Å². The molecule has 0 aliphatic heterocycles. The van der Waals surface area contributed by atoms with Gasteiger partial charge in [-0.1, -0.05) is 6.07 Å². The average Bonchev–Trinajstić information content (AvgIpc) is 2.23. The van der Waals surface area contributed by atoms with Crippen molar-refractivity contribution in [1.82, 2.24) is 4.98 Å². The van der Waals surface area contributed by atoms with E-state index in [4.69, 9.17) is 0 Å². The third kappa shape index (κ3) is 1.70. The number of halogens is 3. The lowest BCUT2D eigenvalue weighted by Crippen LogP contribution is -1.94. The van der Waals surface area contributed by atoms with Crippen LogP contribution in [0.25, 0.3) is 11.3 Å². The minimum absolute atomic E-state index is 0.173. The molecule has 1 aromatic carbocycles. The molecule has 1 aromatic heterocycles. The molecule has 76 valence electrons. The summed E-state index contributed by atoms with van der Waals surface area (Å²) in [4.78, 5) is 3.67. The molecule has 0 bridgehead atoms. The molecule has 1 nitrogen and oxygen atoms in total. The van der Waals surface area contributed by atoms with Gasteiger partial charge in [0.05, 0.1) is 0 Å². The number of hydrogen-bond acceptors (Lipinski definition) is 1. The Balaban J connectivity index is 2.65. The maximum absolute atomic E-state index is 13.3. The van der Waals surface area contributed by atoms with Gasteiger partial charge >= 0.3 is 0 Å². The van der Waals surface area contributed by atoms with Crippen LogP contribution in [0.4, 0.5) is 13.2 Å². The highest BCUT2D eigenvalue weighted by molar-refractivity contribution is 5.60. The molecule has 0 saturated carbocycles. The molecule has 0 saturated heterocycles. The first-order valence-corrected chi connectivity index (χ1v) is 4.25. The van der Waals surface area contributed by atoms with Crippen molar-refractivity contribution in [2.75, 3.05) is 0 Å². The largest absolute Gasteiger partial charge is 0.253 e. The van der Waals surface area contributed by atoms with Crippen LogP contribution in [-0.2, 0) is 0 Å². The predicted molar refractivity (Wildman–Crippen MR) is 49.5 cm³/mol. The van der Waals surface area contributed by atoms with Gasteiger partial charge in [0.1, 0.15) is 11.5 Å². The molecule has 0 amide bonds. The average molecular weight is 209 g/mol. The summed E-state index contributed by atoms with van der Waals surface area (Å²) in [7, 11) is 0. The molecular formula is C11H6F3N. The normalized spacial score (nSPS) is 10.3. The van der Waals surface area contributed by atoms with Gasteiger partial charge < -0.3 is 0 Å². The molecule has 0 unspecified atom stereocenters. The van der Waals surface area contributed by atoms with Crippen molar-refractivity contribution in [3.63, 3.8) is 0 Å². The second-order valence-electron chi connectivity index (χ2n) is 2.94. The van der Waals surface area contributed by atoms with E-state index >= 15 is 0 Å². The summed E-state index contributed by atoms with van der Waals surface area (Å²) in [5.74, 6) is -2.78. The van der Waals surface area contributed by atoms with Crippen LogP contribution in [0.15, 0.2) is 36.5 Å². The highest BCUT2D eigenvalue weighted by Gasteiger charge is 2.13. The van der Waals surface area contributed by atoms with Crippen molar-refractivity contribution in [2.45, 2.75) is 0 Å². The Kier molecular flexibility index (Phi) is 2.41. The van der Waals surface area contributed by atoms with E-state index in [0.29, 0.717) is 0 Å². The van der Waals surface area contributed by atoms with E-state index in [0.717, 1.165) is 12.1 Å². The summed E-state index contributed by atoms with van der Waals surface area (Å²) in [6.45, 7) is 0. The second-order valence-corrected chi connectivity index (χ2v) is 2.94. The number of benzene rings is 1. The SMILES string of the molecule is Fc1cccnc1-c1cccc(F)c1F. The molecule has 1 heterocycles. The van der Waals surface area contributed by atoms with Gasteiger partial charge in [0, 0.05) is 11.8 Å². The molecule has 0 aliphatic carbocycles. The van der Waals surface area contributed by atoms with Gasteiger partial charge in [0.15, 0.2) is 11.6 Å². The van der Waals surface area contributed by atoms with Crippen molar-refractivity contribution < 1.29 is 13.2 Å². The monoisotopic (exact) mass is 209 g/mol. The smallest absolute Gasteiger partial charge is 0.168 e. The zero-order chi connectivity index (χ0) is 10.8. The van der Waals surface area contributed by atoms with E-state index in [-0.39, 0.29) is 11.3 Å². The van der Waals surface area contributed by atoms with Gasteiger partial charge in [-0.25, -0.2) is 13.2 Å². The van der Waals surface area contributed by atoms with Crippen LogP contribution in [0.5, 0.6) is 0 Å². The van der Waals surface area contributed by atoms with Gasteiger partial charge in [-0.3, -0.25) is 4.98 Å². The van der Waals surface area contributed by atoms with Gasteiger partial charge in [0.2, 0.25) is 0 Å². The van der Waals surface area contributed by atoms with Crippen LogP contribution in [0.3, 0.4) is 0 Å². The third-order valence-corrected chi connectivity index (χ3v) is 1.97. The first-order chi connectivity index (χ1) is 7.20. The van der Waals surface area contributed by atoms with Crippen molar-refractivity contribution in [3.8, 4) is 11.3 Å². The molecule has 2 aromatic rings. The molecule has 0 atom stereocenters. The van der Waals surface area contributed by atoms with E-state index in [2.05, 4.69) is 4.98 Å². The topological polar surface area (TPSA) is 12.9 Å². The van der Waals surface area contributed by atoms with Gasteiger partial charge in [0.25, 0.3) is 0 Å². The summed E-state index contributed by atoms with van der Waals surface area (Å²) < 4.78 is 39.4. The summed E-state index contributed by atoms with van der Waals surface area (Å²) in [5.41, 5.74) is -0.359. The number of aromatic nitrogens is 1. The lowest BCUT2D eigenvalue weighted by molar-refractivity contribution is 0.509. The first-order valence-electron chi connectivity index (χ1n) is 4.25. The van der Waals surface area contributed by atoms with E-state index in [1.807, 2.05) is 0 Å². The Morgan fingerprint density at radius 3 is 2.33 bits per heavy atom. The van der Waals surface area contributed by atoms with Crippen molar-refractivity contribution in [3.05, 3.63) is 54.0 Å². The second kappa shape index (κ2) is 3.73. The van der Waals surface area contributed by atoms with Gasteiger partial charge in [-0.2, -0.15) is 0 Å². The minimum atomic E-state index is -1.09. The van der Waals surface area contributed by atoms with Crippen LogP contribution in [0.2, 0.25) is 0 Å². The Labute approximate surface area is 84.2 Å². The highest BCUT2D eigenvalue weighted by Crippen LogP contribution is 2.24. The molecule has 0 fully saturated rings. The summed E-state index contributed by atoms with van der Waals surface area (Å²) in [6.07, 6.45) is 1.32. The first kappa shape index (κ1) is 9.71. The number of hydrogen-bond donors (Lipinski definition) is 0. The Morgan fingerprint density at radius 1 is 0.867 bits per heavy atom. The Morgan fingerprint density at radius 2 is 1.60 bits per heavy atom. The summed E-state index contributed by atoms with van der Waals surface area (Å²) >= 11 is 0. The van der Waals surface area contributed by atoms with E-state index in [1.54, 1.807) is 0 Å². The van der Waals surface area contributed by atoms with Crippen LogP contribution >= 0.6 is 0 Å². The van der Waals surface area contributed by atoms with E-state index in [1.165, 1.54) is 24.4 Å². The number of pyridine rings is 1. The fourth-order valence-corrected chi connectivity index (χ4v) is 1.27. The fraction of sp³-hybridized carbons (Fsp3) is 0. The summed E-state index contributed by atoms with van der Waals surface area (Å²) in [5, 5.41) is 0. The van der Waals surface area contributed by atoms with E-state index < -0.39 is 17.5 Å². The standard InChI is InChI=1S/C11H6F3N/c12-8-4-1-3-7(10(8)14)11-9(13)5-2-6-15-11/h1-6H. The molecule has 0 N–H and O–H groups in total. The van der Waals surface area contributed by atoms with E-state index in [9.17, 15) is 13.2 Å². The molecule has 0 spiro atoms. The fourth-order valence-electron chi connectivity index (χ4n) is 1.27. The molecule has 4 heteroatoms. The predicted octanol–water partition coefficient (Wildman–Crippen LogP) is 3.17. The zero-order valence-corrected chi connectivity index (χ0v) is 7.55. The third-order valence-electron chi connectivity index (χ3n) is 1.97. The Hall–Kier alpha value is -1.84. The van der Waals surface area contributed by atoms with Crippen LogP contribution in [0, 0.1) is 17.5 Å². The lowest BCUT2D eigenvalue weighted by atomic mass is 10.1. The quantitative estimate of drug-likeness (QED) is 0.702. The highest BCUT2D eigenvalue weighted by atomic mass is 19.2. The maximum atomic E-state index is 13.3. The molecular weight excluding hydrogens is 203 g/mol. The van der Waals surface area contributed by atoms with Crippen LogP contribution < -0.4 is 0 Å². The number of nitrogens with zero attached hydrogens (tertiary/aromatic N) is 1. The zero-order valence-electron chi connectivity index (χ0n) is 7.55. The molecule has 15 heavy (non-hydrogen) atoms. The van der Waals surface area contributed by atoms with Crippen molar-refractivity contribution in [1.29, 1.82) is 0 Å². The van der Waals surface area contributed by atoms with Gasteiger partial charge in [-0.15, -0.1) is 0 Å². The minimum Gasteiger partial charge on any atom is -0.253 e. The van der Waals surface area contributed by atoms with Crippen LogP contribution in [-0.4, -0.2) is 4.98 Å². The molecule has 0 aliphatic rings. The Bertz CT molecular complexity index is 497. The van der Waals surface area contributed by atoms with Crippen molar-refractivity contribution in [2.24, 2.45) is 0 Å². The molecule has 2 rings (SSSR count). The maximum Gasteiger partial charge on any atom is 0.168 e. The lowest BCUT2D eigenvalue weighted by Gasteiger charge is -2.03. The van der Waals surface area contributed by atoms with Crippen LogP contribution in [0.1, 0.15) is 0 Å². The molecule has 0 radical (unpaired) electrons. The number of rotatable bonds is 1.